The molecule has 0 saturated heterocycles. The lowest BCUT2D eigenvalue weighted by Crippen LogP contribution is -2.28. The van der Waals surface area contributed by atoms with Gasteiger partial charge in [0.2, 0.25) is 0 Å². The van der Waals surface area contributed by atoms with E-state index < -0.39 is 5.41 Å². The molecule has 0 heterocycles. The molecule has 0 saturated carbocycles. The number of allylic oxidation sites excluding steroid dienone is 1. The summed E-state index contributed by atoms with van der Waals surface area (Å²) in [5, 5.41) is 0. The number of ketones is 1. The van der Waals surface area contributed by atoms with E-state index in [4.69, 9.17) is 0 Å². The molecule has 2 heteroatoms. The summed E-state index contributed by atoms with van der Waals surface area (Å²) in [5.74, 6) is -0.0883. The molecule has 0 amide bonds. The molecule has 0 N–H and O–H groups in total. The van der Waals surface area contributed by atoms with Gasteiger partial charge in [0.1, 0.15) is 11.6 Å². The van der Waals surface area contributed by atoms with Crippen LogP contribution in [0.4, 0.5) is 4.39 Å². The van der Waals surface area contributed by atoms with Gasteiger partial charge in [-0.2, -0.15) is 0 Å². The summed E-state index contributed by atoms with van der Waals surface area (Å²) in [6, 6.07) is 6.16. The van der Waals surface area contributed by atoms with Crippen LogP contribution in [0.2, 0.25) is 0 Å². The predicted molar refractivity (Wildman–Crippen MR) is 68.5 cm³/mol. The van der Waals surface area contributed by atoms with E-state index in [1.165, 1.54) is 12.1 Å². The Hall–Kier alpha value is -1.44. The molecule has 0 aromatic heterocycles. The average molecular weight is 234 g/mol. The first-order valence-electron chi connectivity index (χ1n) is 5.88. The average Bonchev–Trinajstić information content (AvgIpc) is 2.29. The Morgan fingerprint density at radius 1 is 1.35 bits per heavy atom. The van der Waals surface area contributed by atoms with Crippen molar-refractivity contribution >= 4 is 5.78 Å². The highest BCUT2D eigenvalue weighted by molar-refractivity contribution is 5.89. The zero-order chi connectivity index (χ0) is 12.9. The third-order valence-electron chi connectivity index (χ3n) is 3.08. The van der Waals surface area contributed by atoms with Crippen LogP contribution in [0.15, 0.2) is 36.9 Å². The lowest BCUT2D eigenvalue weighted by Gasteiger charge is -2.23. The minimum atomic E-state index is -0.547. The van der Waals surface area contributed by atoms with Gasteiger partial charge >= 0.3 is 0 Å². The highest BCUT2D eigenvalue weighted by Gasteiger charge is 2.28. The zero-order valence-electron chi connectivity index (χ0n) is 10.5. The van der Waals surface area contributed by atoms with Crippen molar-refractivity contribution in [3.63, 3.8) is 0 Å². The highest BCUT2D eigenvalue weighted by Crippen LogP contribution is 2.26. The number of benzene rings is 1. The summed E-state index contributed by atoms with van der Waals surface area (Å²) in [4.78, 5) is 12.1. The van der Waals surface area contributed by atoms with Crippen LogP contribution in [0.25, 0.3) is 0 Å². The van der Waals surface area contributed by atoms with Gasteiger partial charge in [-0.1, -0.05) is 18.2 Å². The zero-order valence-corrected chi connectivity index (χ0v) is 10.5. The van der Waals surface area contributed by atoms with Crippen molar-refractivity contribution in [1.29, 1.82) is 0 Å². The third kappa shape index (κ3) is 3.52. The molecule has 0 atom stereocenters. The molecule has 1 nitrogen and oxygen atoms in total. The minimum absolute atomic E-state index is 0.186. The molecule has 1 rings (SSSR count). The van der Waals surface area contributed by atoms with Gasteiger partial charge < -0.3 is 0 Å². The Balaban J connectivity index is 2.75. The first-order chi connectivity index (χ1) is 7.98. The van der Waals surface area contributed by atoms with Crippen molar-refractivity contribution in [2.45, 2.75) is 38.5 Å². The van der Waals surface area contributed by atoms with Gasteiger partial charge in [0.25, 0.3) is 0 Å². The van der Waals surface area contributed by atoms with Gasteiger partial charge in [-0.3, -0.25) is 4.79 Å². The molecule has 92 valence electrons. The second-order valence-corrected chi connectivity index (χ2v) is 4.74. The van der Waals surface area contributed by atoms with E-state index in [-0.39, 0.29) is 11.6 Å². The molecule has 1 aromatic carbocycles. The number of hydrogen-bond acceptors (Lipinski definition) is 1. The van der Waals surface area contributed by atoms with E-state index in [9.17, 15) is 9.18 Å². The maximum Gasteiger partial charge on any atom is 0.142 e. The molecule has 0 fully saturated rings. The van der Waals surface area contributed by atoms with Crippen LogP contribution in [0.5, 0.6) is 0 Å². The fourth-order valence-electron chi connectivity index (χ4n) is 1.75. The monoisotopic (exact) mass is 234 g/mol. The molecule has 17 heavy (non-hydrogen) atoms. The van der Waals surface area contributed by atoms with Crippen LogP contribution in [0.3, 0.4) is 0 Å². The summed E-state index contributed by atoms with van der Waals surface area (Å²) in [6.45, 7) is 7.41. The fourth-order valence-corrected chi connectivity index (χ4v) is 1.75. The number of unbranched alkanes of at least 4 members (excludes halogenated alkanes) is 1. The second kappa shape index (κ2) is 5.76. The SMILES string of the molecule is C=CCCCC(=O)C(C)(C)c1ccc(F)cc1. The molecular weight excluding hydrogens is 215 g/mol. The van der Waals surface area contributed by atoms with Crippen molar-refractivity contribution in [2.24, 2.45) is 0 Å². The van der Waals surface area contributed by atoms with Crippen LogP contribution >= 0.6 is 0 Å². The molecular formula is C15H19FO. The topological polar surface area (TPSA) is 17.1 Å². The highest BCUT2D eigenvalue weighted by atomic mass is 19.1. The molecule has 0 radical (unpaired) electrons. The second-order valence-electron chi connectivity index (χ2n) is 4.74. The lowest BCUT2D eigenvalue weighted by molar-refractivity contribution is -0.123. The van der Waals surface area contributed by atoms with Crippen molar-refractivity contribution in [3.05, 3.63) is 48.3 Å². The van der Waals surface area contributed by atoms with E-state index in [0.717, 1.165) is 18.4 Å². The molecule has 0 aliphatic rings. The normalized spacial score (nSPS) is 11.2. The Morgan fingerprint density at radius 2 is 1.94 bits per heavy atom. The Kier molecular flexibility index (Phi) is 4.62. The Labute approximate surface area is 102 Å². The van der Waals surface area contributed by atoms with Gasteiger partial charge in [0.05, 0.1) is 0 Å². The predicted octanol–water partition coefficient (Wildman–Crippen LogP) is 4.03. The number of halogens is 1. The number of Topliss-reactive ketones (excluding diaryl/α,β-unsaturated/α-hetero) is 1. The van der Waals surface area contributed by atoms with E-state index in [1.54, 1.807) is 12.1 Å². The fraction of sp³-hybridized carbons (Fsp3) is 0.400. The summed E-state index contributed by atoms with van der Waals surface area (Å²) in [7, 11) is 0. The maximum absolute atomic E-state index is 12.8. The summed E-state index contributed by atoms with van der Waals surface area (Å²) in [6.07, 6.45) is 4.03. The smallest absolute Gasteiger partial charge is 0.142 e. The molecule has 0 bridgehead atoms. The standard InChI is InChI=1S/C15H19FO/c1-4-5-6-7-14(17)15(2,3)12-8-10-13(16)11-9-12/h4,8-11H,1,5-7H2,2-3H3. The summed E-state index contributed by atoms with van der Waals surface area (Å²) < 4.78 is 12.8. The van der Waals surface area contributed by atoms with Crippen molar-refractivity contribution in [2.75, 3.05) is 0 Å². The molecule has 0 spiro atoms. The third-order valence-corrected chi connectivity index (χ3v) is 3.08. The van der Waals surface area contributed by atoms with Gasteiger partial charge in [-0.05, 0) is 44.4 Å². The number of carbonyl (C=O) groups is 1. The summed E-state index contributed by atoms with van der Waals surface area (Å²) >= 11 is 0. The largest absolute Gasteiger partial charge is 0.299 e. The maximum atomic E-state index is 12.8. The van der Waals surface area contributed by atoms with Crippen LogP contribution < -0.4 is 0 Å². The van der Waals surface area contributed by atoms with E-state index >= 15 is 0 Å². The van der Waals surface area contributed by atoms with E-state index in [1.807, 2.05) is 19.9 Å². The van der Waals surface area contributed by atoms with Crippen LogP contribution in [0, 0.1) is 5.82 Å². The Morgan fingerprint density at radius 3 is 2.47 bits per heavy atom. The van der Waals surface area contributed by atoms with E-state index in [2.05, 4.69) is 6.58 Å². The lowest BCUT2D eigenvalue weighted by atomic mass is 9.79. The first-order valence-corrected chi connectivity index (χ1v) is 5.88. The number of rotatable bonds is 6. The number of carbonyl (C=O) groups excluding carboxylic acids is 1. The van der Waals surface area contributed by atoms with E-state index in [0.29, 0.717) is 6.42 Å². The van der Waals surface area contributed by atoms with Crippen LogP contribution in [0.1, 0.15) is 38.7 Å². The number of hydrogen-bond donors (Lipinski definition) is 0. The molecule has 0 aliphatic carbocycles. The molecule has 0 unspecified atom stereocenters. The van der Waals surface area contributed by atoms with Gasteiger partial charge in [-0.15, -0.1) is 6.58 Å². The van der Waals surface area contributed by atoms with Gasteiger partial charge in [0.15, 0.2) is 0 Å². The Bertz CT molecular complexity index is 390. The van der Waals surface area contributed by atoms with Crippen LogP contribution in [-0.4, -0.2) is 5.78 Å². The first kappa shape index (κ1) is 13.6. The minimum Gasteiger partial charge on any atom is -0.299 e. The van der Waals surface area contributed by atoms with Gasteiger partial charge in [0, 0.05) is 11.8 Å². The quantitative estimate of drug-likeness (QED) is 0.536. The molecule has 0 aliphatic heterocycles. The van der Waals surface area contributed by atoms with Crippen molar-refractivity contribution in [3.8, 4) is 0 Å². The van der Waals surface area contributed by atoms with Crippen molar-refractivity contribution in [1.82, 2.24) is 0 Å². The van der Waals surface area contributed by atoms with Crippen molar-refractivity contribution < 1.29 is 9.18 Å². The summed E-state index contributed by atoms with van der Waals surface area (Å²) in [5.41, 5.74) is 0.317. The molecule has 1 aromatic rings. The van der Waals surface area contributed by atoms with Crippen LogP contribution in [-0.2, 0) is 10.2 Å². The van der Waals surface area contributed by atoms with Gasteiger partial charge in [-0.25, -0.2) is 4.39 Å².